The zero-order chi connectivity index (χ0) is 17.9. The molecule has 0 atom stereocenters. The van der Waals surface area contributed by atoms with E-state index in [1.165, 1.54) is 19.2 Å². The zero-order valence-corrected chi connectivity index (χ0v) is 13.7. The van der Waals surface area contributed by atoms with E-state index >= 15 is 0 Å². The Balaban J connectivity index is 2.14. The molecule has 130 valence electrons. The average molecular weight is 356 g/mol. The second kappa shape index (κ2) is 6.97. The van der Waals surface area contributed by atoms with Crippen LogP contribution in [0.4, 0.5) is 0 Å². The van der Waals surface area contributed by atoms with Crippen LogP contribution in [0, 0.1) is 0 Å². The molecule has 2 N–H and O–H groups in total. The summed E-state index contributed by atoms with van der Waals surface area (Å²) in [5.74, 6) is -1.84. The van der Waals surface area contributed by atoms with Gasteiger partial charge in [-0.3, -0.25) is 14.5 Å². The van der Waals surface area contributed by atoms with Gasteiger partial charge in [0.15, 0.2) is 6.61 Å². The Labute approximate surface area is 138 Å². The van der Waals surface area contributed by atoms with Crippen LogP contribution in [0.2, 0.25) is 0 Å². The summed E-state index contributed by atoms with van der Waals surface area (Å²) < 4.78 is 32.6. The number of sulfonamides is 1. The molecule has 0 saturated carbocycles. The van der Waals surface area contributed by atoms with Crippen LogP contribution in [-0.2, 0) is 24.3 Å². The number of rotatable bonds is 5. The molecule has 1 saturated heterocycles. The van der Waals surface area contributed by atoms with Gasteiger partial charge in [-0.05, 0) is 24.6 Å². The van der Waals surface area contributed by atoms with Crippen molar-refractivity contribution in [1.82, 2.24) is 4.90 Å². The number of hydrogen-bond acceptors (Lipinski definition) is 7. The molecule has 24 heavy (non-hydrogen) atoms. The lowest BCUT2D eigenvalue weighted by Gasteiger charge is -2.14. The van der Waals surface area contributed by atoms with E-state index in [0.717, 1.165) is 11.0 Å². The third-order valence-electron chi connectivity index (χ3n) is 3.42. The van der Waals surface area contributed by atoms with Crippen LogP contribution in [0.15, 0.2) is 23.1 Å². The van der Waals surface area contributed by atoms with Crippen molar-refractivity contribution in [1.29, 1.82) is 0 Å². The normalized spacial score (nSPS) is 14.6. The van der Waals surface area contributed by atoms with Crippen molar-refractivity contribution in [2.45, 2.75) is 17.7 Å². The molecule has 1 aromatic rings. The van der Waals surface area contributed by atoms with Crippen LogP contribution >= 0.6 is 0 Å². The predicted molar refractivity (Wildman–Crippen MR) is 80.6 cm³/mol. The number of ether oxygens (including phenoxy) is 2. The second-order valence-corrected chi connectivity index (χ2v) is 6.59. The van der Waals surface area contributed by atoms with Gasteiger partial charge >= 0.3 is 5.97 Å². The highest BCUT2D eigenvalue weighted by Crippen LogP contribution is 2.23. The minimum Gasteiger partial charge on any atom is -0.496 e. The lowest BCUT2D eigenvalue weighted by molar-refractivity contribution is -0.143. The van der Waals surface area contributed by atoms with E-state index in [-0.39, 0.29) is 28.5 Å². The summed E-state index contributed by atoms with van der Waals surface area (Å²) in [5, 5.41) is 5.02. The highest BCUT2D eigenvalue weighted by molar-refractivity contribution is 7.89. The summed E-state index contributed by atoms with van der Waals surface area (Å²) in [4.78, 5) is 36.1. The minimum atomic E-state index is -4.02. The number of hydrogen-bond donors (Lipinski definition) is 1. The van der Waals surface area contributed by atoms with Gasteiger partial charge in [-0.1, -0.05) is 0 Å². The van der Waals surface area contributed by atoms with E-state index in [9.17, 15) is 22.8 Å². The van der Waals surface area contributed by atoms with Gasteiger partial charge in [0.1, 0.15) is 11.3 Å². The van der Waals surface area contributed by atoms with E-state index in [1.807, 2.05) is 0 Å². The van der Waals surface area contributed by atoms with Crippen molar-refractivity contribution in [2.24, 2.45) is 5.14 Å². The van der Waals surface area contributed by atoms with Gasteiger partial charge < -0.3 is 9.47 Å². The van der Waals surface area contributed by atoms with E-state index in [0.29, 0.717) is 13.0 Å². The molecule has 1 fully saturated rings. The van der Waals surface area contributed by atoms with E-state index in [2.05, 4.69) is 0 Å². The van der Waals surface area contributed by atoms with Crippen molar-refractivity contribution in [3.63, 3.8) is 0 Å². The van der Waals surface area contributed by atoms with Crippen LogP contribution in [-0.4, -0.2) is 51.4 Å². The van der Waals surface area contributed by atoms with Gasteiger partial charge in [0.25, 0.3) is 5.91 Å². The Kier molecular flexibility index (Phi) is 5.20. The molecular formula is C14H16N2O7S. The quantitative estimate of drug-likeness (QED) is 0.713. The van der Waals surface area contributed by atoms with Crippen LogP contribution in [0.1, 0.15) is 23.2 Å². The van der Waals surface area contributed by atoms with Gasteiger partial charge in [0.2, 0.25) is 15.9 Å². The highest BCUT2D eigenvalue weighted by atomic mass is 32.2. The number of carbonyl (C=O) groups excluding carboxylic acids is 3. The number of nitrogens with two attached hydrogens (primary N) is 1. The van der Waals surface area contributed by atoms with Crippen molar-refractivity contribution >= 4 is 27.8 Å². The first-order valence-corrected chi connectivity index (χ1v) is 8.50. The average Bonchev–Trinajstić information content (AvgIpc) is 2.96. The first-order chi connectivity index (χ1) is 11.2. The van der Waals surface area contributed by atoms with E-state index < -0.39 is 28.5 Å². The lowest BCUT2D eigenvalue weighted by Crippen LogP contribution is -2.35. The van der Waals surface area contributed by atoms with E-state index in [4.69, 9.17) is 14.6 Å². The number of methoxy groups -OCH3 is 1. The molecule has 1 aromatic carbocycles. The molecule has 1 aliphatic heterocycles. The largest absolute Gasteiger partial charge is 0.496 e. The molecule has 1 aliphatic rings. The fourth-order valence-electron chi connectivity index (χ4n) is 2.22. The fraction of sp³-hybridized carbons (Fsp3) is 0.357. The maximum Gasteiger partial charge on any atom is 0.342 e. The number of benzene rings is 1. The number of esters is 1. The second-order valence-electron chi connectivity index (χ2n) is 5.03. The predicted octanol–water partition coefficient (Wildman–Crippen LogP) is -0.352. The molecule has 2 rings (SSSR count). The van der Waals surface area contributed by atoms with Crippen LogP contribution in [0.25, 0.3) is 0 Å². The van der Waals surface area contributed by atoms with Crippen molar-refractivity contribution in [3.05, 3.63) is 23.8 Å². The number of amides is 2. The Hall–Kier alpha value is -2.46. The molecule has 0 radical (unpaired) electrons. The van der Waals surface area contributed by atoms with Crippen molar-refractivity contribution in [3.8, 4) is 5.75 Å². The fourth-order valence-corrected chi connectivity index (χ4v) is 2.76. The summed E-state index contributed by atoms with van der Waals surface area (Å²) in [5.41, 5.74) is -0.190. The molecule has 0 aromatic heterocycles. The summed E-state index contributed by atoms with van der Waals surface area (Å²) in [7, 11) is -2.73. The maximum absolute atomic E-state index is 12.1. The molecule has 0 spiro atoms. The molecular weight excluding hydrogens is 340 g/mol. The van der Waals surface area contributed by atoms with Gasteiger partial charge in [-0.15, -0.1) is 0 Å². The molecule has 0 bridgehead atoms. The first kappa shape index (κ1) is 17.9. The van der Waals surface area contributed by atoms with Gasteiger partial charge in [0, 0.05) is 13.0 Å². The monoisotopic (exact) mass is 356 g/mol. The van der Waals surface area contributed by atoms with Gasteiger partial charge in [-0.25, -0.2) is 18.4 Å². The highest BCUT2D eigenvalue weighted by Gasteiger charge is 2.27. The Bertz CT molecular complexity index is 788. The van der Waals surface area contributed by atoms with Crippen molar-refractivity contribution in [2.75, 3.05) is 20.3 Å². The standard InChI is InChI=1S/C14H16N2O7S/c1-22-11-5-4-9(24(15,20)21)7-10(11)14(19)23-8-13(18)16-6-2-3-12(16)17/h4-5,7H,2-3,6,8H2,1H3,(H2,15,20,21). The number of nitrogens with zero attached hydrogens (tertiary/aromatic N) is 1. The summed E-state index contributed by atoms with van der Waals surface area (Å²) in [6, 6.07) is 3.43. The smallest absolute Gasteiger partial charge is 0.342 e. The molecule has 0 aliphatic carbocycles. The molecule has 10 heteroatoms. The molecule has 9 nitrogen and oxygen atoms in total. The molecule has 2 amide bonds. The Morgan fingerprint density at radius 1 is 1.33 bits per heavy atom. The topological polar surface area (TPSA) is 133 Å². The van der Waals surface area contributed by atoms with Crippen LogP contribution in [0.3, 0.4) is 0 Å². The molecule has 0 unspecified atom stereocenters. The van der Waals surface area contributed by atoms with E-state index in [1.54, 1.807) is 0 Å². The Morgan fingerprint density at radius 3 is 2.58 bits per heavy atom. The van der Waals surface area contributed by atoms with Crippen LogP contribution < -0.4 is 9.88 Å². The number of imide groups is 1. The zero-order valence-electron chi connectivity index (χ0n) is 12.9. The van der Waals surface area contributed by atoms with Gasteiger partial charge in [-0.2, -0.15) is 0 Å². The Morgan fingerprint density at radius 2 is 2.04 bits per heavy atom. The third-order valence-corrected chi connectivity index (χ3v) is 4.33. The summed E-state index contributed by atoms with van der Waals surface area (Å²) >= 11 is 0. The lowest BCUT2D eigenvalue weighted by atomic mass is 10.2. The van der Waals surface area contributed by atoms with Gasteiger partial charge in [0.05, 0.1) is 12.0 Å². The molecule has 1 heterocycles. The summed E-state index contributed by atoms with van der Waals surface area (Å²) in [6.45, 7) is -0.341. The van der Waals surface area contributed by atoms with Crippen LogP contribution in [0.5, 0.6) is 5.75 Å². The first-order valence-electron chi connectivity index (χ1n) is 6.95. The van der Waals surface area contributed by atoms with Crippen molar-refractivity contribution < 1.29 is 32.3 Å². The summed E-state index contributed by atoms with van der Waals surface area (Å²) in [6.07, 6.45) is 0.854. The maximum atomic E-state index is 12.1. The number of carbonyl (C=O) groups is 3. The number of primary sulfonamides is 1. The third kappa shape index (κ3) is 3.89. The number of likely N-dealkylation sites (tertiary alicyclic amines) is 1. The SMILES string of the molecule is COc1ccc(S(N)(=O)=O)cc1C(=O)OCC(=O)N1CCCC1=O. The minimum absolute atomic E-state index is 0.0668.